The minimum atomic E-state index is 0.282. The maximum absolute atomic E-state index is 7.16. The van der Waals surface area contributed by atoms with E-state index in [0.717, 1.165) is 6.42 Å². The fourth-order valence-electron chi connectivity index (χ4n) is 1.10. The van der Waals surface area contributed by atoms with Crippen molar-refractivity contribution in [3.05, 3.63) is 35.9 Å². The van der Waals surface area contributed by atoms with Crippen molar-refractivity contribution in [1.29, 1.82) is 5.41 Å². The maximum Gasteiger partial charge on any atom is 0.0183 e. The van der Waals surface area contributed by atoms with Gasteiger partial charge in [0.1, 0.15) is 0 Å². The average Bonchev–Trinajstić information content (AvgIpc) is 2.09. The number of nitrogens with one attached hydrogen (secondary N) is 1. The van der Waals surface area contributed by atoms with Gasteiger partial charge in [-0.25, -0.2) is 0 Å². The molecule has 0 spiro atoms. The monoisotopic (exact) mass is 146 g/mol. The van der Waals surface area contributed by atoms with E-state index in [4.69, 9.17) is 5.41 Å². The van der Waals surface area contributed by atoms with Gasteiger partial charge >= 0.3 is 0 Å². The summed E-state index contributed by atoms with van der Waals surface area (Å²) in [7, 11) is 0. The molecule has 0 aromatic heterocycles. The molecule has 1 radical (unpaired) electrons. The minimum absolute atomic E-state index is 0.282. The van der Waals surface area contributed by atoms with E-state index < -0.39 is 0 Å². The Morgan fingerprint density at radius 2 is 2.18 bits per heavy atom. The zero-order valence-electron chi connectivity index (χ0n) is 6.67. The SMILES string of the molecule is CCC(C=N)c1cc[c]cc1. The largest absolute Gasteiger partial charge is 0.312 e. The first-order valence-corrected chi connectivity index (χ1v) is 3.85. The van der Waals surface area contributed by atoms with Gasteiger partial charge in [0, 0.05) is 12.1 Å². The summed E-state index contributed by atoms with van der Waals surface area (Å²) >= 11 is 0. The van der Waals surface area contributed by atoms with Gasteiger partial charge in [-0.05, 0) is 18.1 Å². The van der Waals surface area contributed by atoms with Gasteiger partial charge in [0.25, 0.3) is 0 Å². The zero-order chi connectivity index (χ0) is 8.10. The Hall–Kier alpha value is -1.11. The number of hydrogen-bond donors (Lipinski definition) is 1. The summed E-state index contributed by atoms with van der Waals surface area (Å²) in [5, 5.41) is 7.16. The Morgan fingerprint density at radius 1 is 1.55 bits per heavy atom. The van der Waals surface area contributed by atoms with E-state index in [1.807, 2.05) is 24.3 Å². The van der Waals surface area contributed by atoms with E-state index in [0.29, 0.717) is 0 Å². The van der Waals surface area contributed by atoms with Crippen LogP contribution in [0.15, 0.2) is 24.3 Å². The van der Waals surface area contributed by atoms with Crippen molar-refractivity contribution in [3.8, 4) is 0 Å². The molecule has 1 atom stereocenters. The Balaban J connectivity index is 2.82. The summed E-state index contributed by atoms with van der Waals surface area (Å²) < 4.78 is 0. The van der Waals surface area contributed by atoms with Crippen LogP contribution in [-0.2, 0) is 0 Å². The van der Waals surface area contributed by atoms with Crippen LogP contribution in [0.4, 0.5) is 0 Å². The summed E-state index contributed by atoms with van der Waals surface area (Å²) in [6.45, 7) is 2.09. The first kappa shape index (κ1) is 7.99. The van der Waals surface area contributed by atoms with Gasteiger partial charge in [0.2, 0.25) is 0 Å². The second-order valence-electron chi connectivity index (χ2n) is 2.51. The molecule has 0 aliphatic heterocycles. The predicted molar refractivity (Wildman–Crippen MR) is 47.1 cm³/mol. The number of rotatable bonds is 3. The lowest BCUT2D eigenvalue weighted by Gasteiger charge is -2.07. The quantitative estimate of drug-likeness (QED) is 0.634. The molecule has 1 rings (SSSR count). The molecule has 0 amide bonds. The lowest BCUT2D eigenvalue weighted by atomic mass is 9.98. The van der Waals surface area contributed by atoms with E-state index >= 15 is 0 Å². The molecule has 0 aliphatic rings. The van der Waals surface area contributed by atoms with Crippen LogP contribution in [0.3, 0.4) is 0 Å². The molecule has 0 saturated carbocycles. The molecular formula is C10H12N. The van der Waals surface area contributed by atoms with Gasteiger partial charge in [0.05, 0.1) is 0 Å². The fraction of sp³-hybridized carbons (Fsp3) is 0.300. The highest BCUT2D eigenvalue weighted by Gasteiger charge is 2.02. The summed E-state index contributed by atoms with van der Waals surface area (Å²) in [6, 6.07) is 10.8. The molecule has 11 heavy (non-hydrogen) atoms. The smallest absolute Gasteiger partial charge is 0.0183 e. The molecule has 0 heterocycles. The number of benzene rings is 1. The number of hydrogen-bond acceptors (Lipinski definition) is 1. The molecule has 1 nitrogen and oxygen atoms in total. The Bertz CT molecular complexity index is 216. The first-order valence-electron chi connectivity index (χ1n) is 3.85. The molecular weight excluding hydrogens is 134 g/mol. The van der Waals surface area contributed by atoms with Crippen molar-refractivity contribution in [1.82, 2.24) is 0 Å². The van der Waals surface area contributed by atoms with Gasteiger partial charge < -0.3 is 5.41 Å². The van der Waals surface area contributed by atoms with Crippen LogP contribution in [0.5, 0.6) is 0 Å². The fourth-order valence-corrected chi connectivity index (χ4v) is 1.10. The van der Waals surface area contributed by atoms with Crippen molar-refractivity contribution in [2.24, 2.45) is 0 Å². The highest BCUT2D eigenvalue weighted by molar-refractivity contribution is 5.64. The standard InChI is InChI=1S/C10H12N/c1-2-9(8-11)10-6-4-3-5-7-10/h4-9,11H,2H2,1H3. The third kappa shape index (κ3) is 1.90. The lowest BCUT2D eigenvalue weighted by molar-refractivity contribution is 0.855. The average molecular weight is 146 g/mol. The molecule has 0 aliphatic carbocycles. The van der Waals surface area contributed by atoms with Crippen molar-refractivity contribution >= 4 is 6.21 Å². The van der Waals surface area contributed by atoms with Crippen LogP contribution in [-0.4, -0.2) is 6.21 Å². The lowest BCUT2D eigenvalue weighted by Crippen LogP contribution is -1.96. The molecule has 0 saturated heterocycles. The van der Waals surface area contributed by atoms with E-state index in [2.05, 4.69) is 13.0 Å². The van der Waals surface area contributed by atoms with Crippen molar-refractivity contribution in [2.75, 3.05) is 0 Å². The highest BCUT2D eigenvalue weighted by atomic mass is 14.3. The molecule has 0 bridgehead atoms. The highest BCUT2D eigenvalue weighted by Crippen LogP contribution is 2.15. The molecule has 1 heteroatoms. The van der Waals surface area contributed by atoms with Crippen LogP contribution in [0, 0.1) is 11.5 Å². The van der Waals surface area contributed by atoms with Crippen LogP contribution in [0.2, 0.25) is 0 Å². The maximum atomic E-state index is 7.16. The first-order chi connectivity index (χ1) is 5.38. The van der Waals surface area contributed by atoms with Gasteiger partial charge in [0.15, 0.2) is 0 Å². The van der Waals surface area contributed by atoms with Gasteiger partial charge in [-0.15, -0.1) is 0 Å². The van der Waals surface area contributed by atoms with Crippen molar-refractivity contribution < 1.29 is 0 Å². The van der Waals surface area contributed by atoms with Crippen molar-refractivity contribution in [3.63, 3.8) is 0 Å². The van der Waals surface area contributed by atoms with Gasteiger partial charge in [-0.1, -0.05) is 31.2 Å². The minimum Gasteiger partial charge on any atom is -0.312 e. The summed E-state index contributed by atoms with van der Waals surface area (Å²) in [5.74, 6) is 0.282. The zero-order valence-corrected chi connectivity index (χ0v) is 6.67. The van der Waals surface area contributed by atoms with Crippen molar-refractivity contribution in [2.45, 2.75) is 19.3 Å². The van der Waals surface area contributed by atoms with E-state index in [1.165, 1.54) is 11.8 Å². The van der Waals surface area contributed by atoms with Crippen LogP contribution >= 0.6 is 0 Å². The molecule has 1 aromatic carbocycles. The van der Waals surface area contributed by atoms with Crippen LogP contribution in [0.25, 0.3) is 0 Å². The normalized spacial score (nSPS) is 12.5. The Morgan fingerprint density at radius 3 is 2.64 bits per heavy atom. The van der Waals surface area contributed by atoms with Crippen LogP contribution in [0.1, 0.15) is 24.8 Å². The Labute approximate surface area is 67.6 Å². The summed E-state index contributed by atoms with van der Waals surface area (Å²) in [4.78, 5) is 0. The topological polar surface area (TPSA) is 23.9 Å². The van der Waals surface area contributed by atoms with E-state index in [1.54, 1.807) is 0 Å². The molecule has 0 fully saturated rings. The van der Waals surface area contributed by atoms with Crippen LogP contribution < -0.4 is 0 Å². The van der Waals surface area contributed by atoms with Gasteiger partial charge in [-0.3, -0.25) is 0 Å². The summed E-state index contributed by atoms with van der Waals surface area (Å²) in [5.41, 5.74) is 1.21. The second kappa shape index (κ2) is 3.91. The molecule has 1 aromatic rings. The predicted octanol–water partition coefficient (Wildman–Crippen LogP) is 2.63. The third-order valence-electron chi connectivity index (χ3n) is 1.81. The van der Waals surface area contributed by atoms with E-state index in [9.17, 15) is 0 Å². The Kier molecular flexibility index (Phi) is 2.84. The second-order valence-corrected chi connectivity index (χ2v) is 2.51. The molecule has 57 valence electrons. The van der Waals surface area contributed by atoms with Gasteiger partial charge in [-0.2, -0.15) is 0 Å². The third-order valence-corrected chi connectivity index (χ3v) is 1.81. The molecule has 1 unspecified atom stereocenters. The summed E-state index contributed by atoms with van der Waals surface area (Å²) in [6.07, 6.45) is 2.49. The molecule has 1 N–H and O–H groups in total. The van der Waals surface area contributed by atoms with E-state index in [-0.39, 0.29) is 5.92 Å².